The molecular weight excluding hydrogens is 296 g/mol. The van der Waals surface area contributed by atoms with Gasteiger partial charge in [0.15, 0.2) is 0 Å². The molecule has 1 heterocycles. The Morgan fingerprint density at radius 1 is 1.23 bits per heavy atom. The Hall–Kier alpha value is -2.26. The molecule has 3 aromatic rings. The van der Waals surface area contributed by atoms with Gasteiger partial charge in [0, 0.05) is 34.4 Å². The first kappa shape index (κ1) is 14.7. The number of anilines is 1. The number of benzene rings is 2. The molecule has 0 aliphatic carbocycles. The fourth-order valence-corrected chi connectivity index (χ4v) is 2.83. The quantitative estimate of drug-likeness (QED) is 0.741. The average molecular weight is 313 g/mol. The number of aryl methyl sites for hydroxylation is 1. The van der Waals surface area contributed by atoms with Crippen molar-refractivity contribution >= 4 is 34.1 Å². The van der Waals surface area contributed by atoms with Gasteiger partial charge in [-0.15, -0.1) is 0 Å². The van der Waals surface area contributed by atoms with Crippen molar-refractivity contribution < 1.29 is 4.79 Å². The van der Waals surface area contributed by atoms with Crippen LogP contribution in [-0.4, -0.2) is 17.4 Å². The second-order valence-corrected chi connectivity index (χ2v) is 5.72. The van der Waals surface area contributed by atoms with Gasteiger partial charge in [-0.3, -0.25) is 4.79 Å². The summed E-state index contributed by atoms with van der Waals surface area (Å²) in [6.07, 6.45) is 1.75. The van der Waals surface area contributed by atoms with Gasteiger partial charge in [0.25, 0.3) is 5.91 Å². The number of hydrogen-bond donors (Lipinski definition) is 1. The monoisotopic (exact) mass is 312 g/mol. The van der Waals surface area contributed by atoms with Crippen LogP contribution in [0.5, 0.6) is 0 Å². The van der Waals surface area contributed by atoms with Crippen molar-refractivity contribution in [2.45, 2.75) is 13.8 Å². The topological polar surface area (TPSA) is 36.1 Å². The van der Waals surface area contributed by atoms with Gasteiger partial charge in [-0.25, -0.2) is 0 Å². The number of H-pyrrole nitrogens is 1. The lowest BCUT2D eigenvalue weighted by molar-refractivity contribution is 0.0990. The maximum atomic E-state index is 12.9. The minimum absolute atomic E-state index is 0.0123. The van der Waals surface area contributed by atoms with E-state index in [1.807, 2.05) is 50.2 Å². The van der Waals surface area contributed by atoms with Crippen LogP contribution < -0.4 is 4.90 Å². The Balaban J connectivity index is 2.03. The SMILES string of the molecule is CCN(C(=O)c1c[nH]c2cc(Cl)ccc12)c1cccc(C)c1. The number of carbonyl (C=O) groups excluding carboxylic acids is 1. The van der Waals surface area contributed by atoms with Crippen LogP contribution in [0.1, 0.15) is 22.8 Å². The van der Waals surface area contributed by atoms with Crippen LogP contribution in [-0.2, 0) is 0 Å². The number of nitrogens with zero attached hydrogens (tertiary/aromatic N) is 1. The van der Waals surface area contributed by atoms with Gasteiger partial charge in [0.05, 0.1) is 5.56 Å². The van der Waals surface area contributed by atoms with Gasteiger partial charge in [0.1, 0.15) is 0 Å². The molecule has 22 heavy (non-hydrogen) atoms. The van der Waals surface area contributed by atoms with E-state index in [1.54, 1.807) is 17.2 Å². The second-order valence-electron chi connectivity index (χ2n) is 5.28. The van der Waals surface area contributed by atoms with Crippen LogP contribution in [0.3, 0.4) is 0 Å². The highest BCUT2D eigenvalue weighted by Crippen LogP contribution is 2.25. The molecule has 0 spiro atoms. The van der Waals surface area contributed by atoms with Crippen molar-refractivity contribution in [1.82, 2.24) is 4.98 Å². The zero-order chi connectivity index (χ0) is 15.7. The number of hydrogen-bond acceptors (Lipinski definition) is 1. The number of rotatable bonds is 3. The number of amides is 1. The van der Waals surface area contributed by atoms with Crippen molar-refractivity contribution in [3.63, 3.8) is 0 Å². The summed E-state index contributed by atoms with van der Waals surface area (Å²) in [5.41, 5.74) is 3.58. The van der Waals surface area contributed by atoms with E-state index in [1.165, 1.54) is 0 Å². The summed E-state index contributed by atoms with van der Waals surface area (Å²) < 4.78 is 0. The summed E-state index contributed by atoms with van der Waals surface area (Å²) in [6.45, 7) is 4.62. The van der Waals surface area contributed by atoms with Crippen molar-refractivity contribution in [1.29, 1.82) is 0 Å². The summed E-state index contributed by atoms with van der Waals surface area (Å²) in [4.78, 5) is 17.8. The molecule has 0 bridgehead atoms. The van der Waals surface area contributed by atoms with E-state index in [9.17, 15) is 4.79 Å². The number of halogens is 1. The van der Waals surface area contributed by atoms with E-state index >= 15 is 0 Å². The molecule has 0 radical (unpaired) electrons. The lowest BCUT2D eigenvalue weighted by Crippen LogP contribution is -2.30. The third-order valence-electron chi connectivity index (χ3n) is 3.75. The van der Waals surface area contributed by atoms with Gasteiger partial charge in [0.2, 0.25) is 0 Å². The van der Waals surface area contributed by atoms with Crippen LogP contribution in [0.2, 0.25) is 5.02 Å². The second kappa shape index (κ2) is 5.85. The highest BCUT2D eigenvalue weighted by Gasteiger charge is 2.19. The number of fused-ring (bicyclic) bond motifs is 1. The normalized spacial score (nSPS) is 10.9. The maximum Gasteiger partial charge on any atom is 0.260 e. The van der Waals surface area contributed by atoms with Gasteiger partial charge >= 0.3 is 0 Å². The molecule has 1 amide bonds. The molecule has 1 aromatic heterocycles. The van der Waals surface area contributed by atoms with Gasteiger partial charge in [-0.05, 0) is 43.7 Å². The Bertz CT molecular complexity index is 838. The van der Waals surface area contributed by atoms with Crippen molar-refractivity contribution in [3.05, 3.63) is 64.8 Å². The van der Waals surface area contributed by atoms with E-state index in [0.29, 0.717) is 17.1 Å². The van der Waals surface area contributed by atoms with Crippen molar-refractivity contribution in [2.24, 2.45) is 0 Å². The Kier molecular flexibility index (Phi) is 3.90. The summed E-state index contributed by atoms with van der Waals surface area (Å²) in [5, 5.41) is 1.54. The van der Waals surface area contributed by atoms with Crippen LogP contribution >= 0.6 is 11.6 Å². The average Bonchev–Trinajstić information content (AvgIpc) is 2.90. The third-order valence-corrected chi connectivity index (χ3v) is 3.98. The molecule has 0 saturated carbocycles. The number of aromatic amines is 1. The minimum atomic E-state index is -0.0123. The third kappa shape index (κ3) is 2.60. The van der Waals surface area contributed by atoms with Gasteiger partial charge < -0.3 is 9.88 Å². The predicted octanol–water partition coefficient (Wildman–Crippen LogP) is 4.80. The highest BCUT2D eigenvalue weighted by molar-refractivity contribution is 6.31. The predicted molar refractivity (Wildman–Crippen MR) is 91.8 cm³/mol. The summed E-state index contributed by atoms with van der Waals surface area (Å²) in [7, 11) is 0. The fourth-order valence-electron chi connectivity index (χ4n) is 2.66. The first-order chi connectivity index (χ1) is 10.6. The number of carbonyl (C=O) groups is 1. The highest BCUT2D eigenvalue weighted by atomic mass is 35.5. The molecule has 1 N–H and O–H groups in total. The van der Waals surface area contributed by atoms with Gasteiger partial charge in [-0.1, -0.05) is 29.8 Å². The Morgan fingerprint density at radius 2 is 2.05 bits per heavy atom. The van der Waals surface area contributed by atoms with E-state index in [2.05, 4.69) is 4.98 Å². The first-order valence-corrected chi connectivity index (χ1v) is 7.63. The largest absolute Gasteiger partial charge is 0.360 e. The van der Waals surface area contributed by atoms with E-state index in [4.69, 9.17) is 11.6 Å². The number of nitrogens with one attached hydrogen (secondary N) is 1. The fraction of sp³-hybridized carbons (Fsp3) is 0.167. The van der Waals surface area contributed by atoms with Crippen LogP contribution in [0.4, 0.5) is 5.69 Å². The standard InChI is InChI=1S/C18H17ClN2O/c1-3-21(14-6-4-5-12(2)9-14)18(22)16-11-20-17-10-13(19)7-8-15(16)17/h4-11,20H,3H2,1-2H3. The molecule has 3 rings (SSSR count). The van der Waals surface area contributed by atoms with E-state index in [0.717, 1.165) is 22.2 Å². The molecule has 0 aliphatic heterocycles. The lowest BCUT2D eigenvalue weighted by Gasteiger charge is -2.21. The van der Waals surface area contributed by atoms with E-state index in [-0.39, 0.29) is 5.91 Å². The molecule has 112 valence electrons. The van der Waals surface area contributed by atoms with Crippen LogP contribution in [0, 0.1) is 6.92 Å². The number of aromatic nitrogens is 1. The van der Waals surface area contributed by atoms with Crippen LogP contribution in [0.15, 0.2) is 48.7 Å². The van der Waals surface area contributed by atoms with Crippen molar-refractivity contribution in [2.75, 3.05) is 11.4 Å². The first-order valence-electron chi connectivity index (χ1n) is 7.25. The summed E-state index contributed by atoms with van der Waals surface area (Å²) >= 11 is 6.00. The minimum Gasteiger partial charge on any atom is -0.360 e. The molecule has 2 aromatic carbocycles. The van der Waals surface area contributed by atoms with Gasteiger partial charge in [-0.2, -0.15) is 0 Å². The molecule has 0 fully saturated rings. The Morgan fingerprint density at radius 3 is 2.77 bits per heavy atom. The maximum absolute atomic E-state index is 12.9. The molecule has 0 aliphatic rings. The zero-order valence-electron chi connectivity index (χ0n) is 12.6. The Labute approximate surface area is 134 Å². The lowest BCUT2D eigenvalue weighted by atomic mass is 10.1. The molecule has 4 heteroatoms. The molecule has 0 saturated heterocycles. The molecular formula is C18H17ClN2O. The molecule has 0 unspecified atom stereocenters. The van der Waals surface area contributed by atoms with E-state index < -0.39 is 0 Å². The molecule has 3 nitrogen and oxygen atoms in total. The smallest absolute Gasteiger partial charge is 0.260 e. The molecule has 0 atom stereocenters. The zero-order valence-corrected chi connectivity index (χ0v) is 13.3. The summed E-state index contributed by atoms with van der Waals surface area (Å²) in [5.74, 6) is -0.0123. The van der Waals surface area contributed by atoms with Crippen molar-refractivity contribution in [3.8, 4) is 0 Å². The summed E-state index contributed by atoms with van der Waals surface area (Å²) in [6, 6.07) is 13.5. The van der Waals surface area contributed by atoms with Crippen LogP contribution in [0.25, 0.3) is 10.9 Å².